The van der Waals surface area contributed by atoms with E-state index in [4.69, 9.17) is 21.6 Å². The fraction of sp³-hybridized carbons (Fsp3) is 0.435. The van der Waals surface area contributed by atoms with Crippen LogP contribution in [-0.4, -0.2) is 42.0 Å². The number of anilines is 1. The van der Waals surface area contributed by atoms with Gasteiger partial charge in [0.15, 0.2) is 5.96 Å². The van der Waals surface area contributed by atoms with Crippen molar-refractivity contribution in [2.24, 2.45) is 11.7 Å². The Balaban J connectivity index is 0.00000171. The number of likely N-dealkylation sites (tertiary alicyclic amines) is 1. The van der Waals surface area contributed by atoms with Crippen molar-refractivity contribution in [1.82, 2.24) is 9.80 Å². The number of nitrogens with two attached hydrogens (primary N) is 2. The number of guanidine groups is 1. The van der Waals surface area contributed by atoms with Crippen LogP contribution in [0.5, 0.6) is 5.75 Å². The fourth-order valence-corrected chi connectivity index (χ4v) is 4.27. The first-order valence-electron chi connectivity index (χ1n) is 10.5. The Morgan fingerprint density at radius 3 is 2.41 bits per heavy atom. The molecule has 2 aliphatic rings. The molecule has 0 aromatic heterocycles. The van der Waals surface area contributed by atoms with Crippen molar-refractivity contribution in [2.75, 3.05) is 32.0 Å². The lowest BCUT2D eigenvalue weighted by Gasteiger charge is -2.32. The highest BCUT2D eigenvalue weighted by atomic mass is 35.5. The number of hydrogen-bond acceptors (Lipinski definition) is 4. The van der Waals surface area contributed by atoms with Gasteiger partial charge in [-0.1, -0.05) is 24.3 Å². The van der Waals surface area contributed by atoms with E-state index in [0.29, 0.717) is 12.5 Å². The minimum Gasteiger partial charge on any atom is -0.493 e. The number of fused-ring (bicyclic) bond motifs is 1. The first kappa shape index (κ1) is 28.2. The molecule has 0 amide bonds. The zero-order valence-electron chi connectivity index (χ0n) is 18.2. The molecule has 2 aliphatic heterocycles. The number of nitrogens with zero attached hydrogens (tertiary/aromatic N) is 2. The minimum absolute atomic E-state index is 0. The molecule has 178 valence electrons. The van der Waals surface area contributed by atoms with Crippen LogP contribution in [0.1, 0.15) is 29.5 Å². The first-order chi connectivity index (χ1) is 14.1. The lowest BCUT2D eigenvalue weighted by molar-refractivity contribution is 0.137. The average Bonchev–Trinajstić information content (AvgIpc) is 2.74. The first-order valence-corrected chi connectivity index (χ1v) is 10.5. The number of halogens is 3. The van der Waals surface area contributed by atoms with Crippen LogP contribution in [0.4, 0.5) is 5.69 Å². The number of ether oxygens (including phenoxy) is 1. The Bertz CT molecular complexity index is 874. The van der Waals surface area contributed by atoms with E-state index in [-0.39, 0.29) is 43.2 Å². The normalized spacial score (nSPS) is 16.1. The molecule has 0 spiro atoms. The number of benzene rings is 2. The van der Waals surface area contributed by atoms with E-state index in [9.17, 15) is 0 Å². The highest BCUT2D eigenvalue weighted by Gasteiger charge is 2.21. The SMILES string of the molecule is Cl.Cl.Cl.N=C(N)N1CCc2ccc(OCC3CCN(Cc4ccccc4N)CC3)cc2C1. The van der Waals surface area contributed by atoms with Crippen LogP contribution in [0.3, 0.4) is 0 Å². The summed E-state index contributed by atoms with van der Waals surface area (Å²) in [5, 5.41) is 7.66. The second-order valence-electron chi connectivity index (χ2n) is 8.22. The number of piperidine rings is 1. The molecule has 5 N–H and O–H groups in total. The van der Waals surface area contributed by atoms with E-state index in [1.54, 1.807) is 0 Å². The molecule has 2 aromatic rings. The van der Waals surface area contributed by atoms with Gasteiger partial charge in [0.1, 0.15) is 5.75 Å². The number of hydrogen-bond donors (Lipinski definition) is 3. The van der Waals surface area contributed by atoms with Crippen LogP contribution in [0, 0.1) is 11.3 Å². The van der Waals surface area contributed by atoms with Crippen molar-refractivity contribution in [3.8, 4) is 5.75 Å². The van der Waals surface area contributed by atoms with Crippen molar-refractivity contribution in [2.45, 2.75) is 32.4 Å². The lowest BCUT2D eigenvalue weighted by atomic mass is 9.97. The van der Waals surface area contributed by atoms with Gasteiger partial charge in [0, 0.05) is 25.3 Å². The third kappa shape index (κ3) is 7.07. The van der Waals surface area contributed by atoms with Crippen molar-refractivity contribution in [3.63, 3.8) is 0 Å². The molecular formula is C23H34Cl3N5O. The Morgan fingerprint density at radius 2 is 1.72 bits per heavy atom. The summed E-state index contributed by atoms with van der Waals surface area (Å²) in [5.41, 5.74) is 16.4. The van der Waals surface area contributed by atoms with Gasteiger partial charge in [-0.25, -0.2) is 0 Å². The van der Waals surface area contributed by atoms with Crippen molar-refractivity contribution in [3.05, 3.63) is 59.2 Å². The predicted octanol–water partition coefficient (Wildman–Crippen LogP) is 4.08. The van der Waals surface area contributed by atoms with Gasteiger partial charge >= 0.3 is 0 Å². The molecule has 1 saturated heterocycles. The fourth-order valence-electron chi connectivity index (χ4n) is 4.27. The summed E-state index contributed by atoms with van der Waals surface area (Å²) in [5.74, 6) is 1.66. The molecule has 1 fully saturated rings. The van der Waals surface area contributed by atoms with Crippen LogP contribution in [0.15, 0.2) is 42.5 Å². The molecule has 32 heavy (non-hydrogen) atoms. The van der Waals surface area contributed by atoms with Gasteiger partial charge in [-0.2, -0.15) is 0 Å². The quantitative estimate of drug-likeness (QED) is 0.325. The summed E-state index contributed by atoms with van der Waals surface area (Å²) in [6, 6.07) is 14.5. The molecule has 0 saturated carbocycles. The van der Waals surface area contributed by atoms with Crippen molar-refractivity contribution < 1.29 is 4.74 Å². The number of nitrogen functional groups attached to an aromatic ring is 1. The smallest absolute Gasteiger partial charge is 0.188 e. The Morgan fingerprint density at radius 1 is 1.00 bits per heavy atom. The van der Waals surface area contributed by atoms with E-state index in [0.717, 1.165) is 63.5 Å². The maximum atomic E-state index is 7.66. The summed E-state index contributed by atoms with van der Waals surface area (Å²) >= 11 is 0. The van der Waals surface area contributed by atoms with Crippen molar-refractivity contribution >= 4 is 48.9 Å². The highest BCUT2D eigenvalue weighted by Crippen LogP contribution is 2.26. The summed E-state index contributed by atoms with van der Waals surface area (Å²) in [6.07, 6.45) is 3.23. The number of nitrogens with one attached hydrogen (secondary N) is 1. The zero-order valence-corrected chi connectivity index (χ0v) is 20.6. The van der Waals surface area contributed by atoms with E-state index < -0.39 is 0 Å². The minimum atomic E-state index is 0. The van der Waals surface area contributed by atoms with Gasteiger partial charge in [0.25, 0.3) is 0 Å². The molecule has 9 heteroatoms. The van der Waals surface area contributed by atoms with E-state index in [2.05, 4.69) is 35.2 Å². The summed E-state index contributed by atoms with van der Waals surface area (Å²) in [6.45, 7) is 5.37. The molecule has 0 bridgehead atoms. The van der Waals surface area contributed by atoms with E-state index in [1.165, 1.54) is 16.7 Å². The van der Waals surface area contributed by atoms with Crippen LogP contribution >= 0.6 is 37.2 Å². The van der Waals surface area contributed by atoms with Gasteiger partial charge in [0.05, 0.1) is 6.61 Å². The van der Waals surface area contributed by atoms with Gasteiger partial charge in [-0.3, -0.25) is 10.3 Å². The second kappa shape index (κ2) is 13.0. The number of rotatable bonds is 5. The summed E-state index contributed by atoms with van der Waals surface area (Å²) in [4.78, 5) is 4.39. The van der Waals surface area contributed by atoms with Gasteiger partial charge in [-0.05, 0) is 73.2 Å². The predicted molar refractivity (Wildman–Crippen MR) is 139 cm³/mol. The maximum Gasteiger partial charge on any atom is 0.188 e. The highest BCUT2D eigenvalue weighted by molar-refractivity contribution is 5.86. The Labute approximate surface area is 209 Å². The largest absolute Gasteiger partial charge is 0.493 e. The third-order valence-electron chi connectivity index (χ3n) is 6.17. The lowest BCUT2D eigenvalue weighted by Crippen LogP contribution is -2.40. The summed E-state index contributed by atoms with van der Waals surface area (Å²) < 4.78 is 6.14. The Kier molecular flexibility index (Phi) is 11.4. The topological polar surface area (TPSA) is 91.6 Å². The van der Waals surface area contributed by atoms with Crippen LogP contribution in [0.2, 0.25) is 0 Å². The molecular weight excluding hydrogens is 469 g/mol. The molecule has 6 nitrogen and oxygen atoms in total. The van der Waals surface area contributed by atoms with Gasteiger partial charge in [0.2, 0.25) is 0 Å². The molecule has 4 rings (SSSR count). The summed E-state index contributed by atoms with van der Waals surface area (Å²) in [7, 11) is 0. The third-order valence-corrected chi connectivity index (χ3v) is 6.17. The molecule has 2 heterocycles. The molecule has 0 unspecified atom stereocenters. The standard InChI is InChI=1S/C23H31N5O.3ClH/c24-22-4-2-1-3-19(22)14-27-10-7-17(8-11-27)16-29-21-6-5-18-9-12-28(23(25)26)15-20(18)13-21;;;/h1-6,13,17H,7-12,14-16,24H2,(H3,25,26);3*1H. The van der Waals surface area contributed by atoms with E-state index in [1.807, 2.05) is 17.0 Å². The Hall–Kier alpha value is -1.86. The number of para-hydroxylation sites is 1. The average molecular weight is 503 g/mol. The van der Waals surface area contributed by atoms with Crippen LogP contribution < -0.4 is 16.2 Å². The molecule has 0 aliphatic carbocycles. The monoisotopic (exact) mass is 501 g/mol. The van der Waals surface area contributed by atoms with Gasteiger partial charge in [-0.15, -0.1) is 37.2 Å². The van der Waals surface area contributed by atoms with E-state index >= 15 is 0 Å². The molecule has 0 atom stereocenters. The van der Waals surface area contributed by atoms with Gasteiger partial charge < -0.3 is 21.1 Å². The molecule has 0 radical (unpaired) electrons. The molecule has 2 aromatic carbocycles. The van der Waals surface area contributed by atoms with Crippen LogP contribution in [-0.2, 0) is 19.5 Å². The second-order valence-corrected chi connectivity index (χ2v) is 8.22. The zero-order chi connectivity index (χ0) is 20.2. The van der Waals surface area contributed by atoms with Crippen molar-refractivity contribution in [1.29, 1.82) is 5.41 Å². The van der Waals surface area contributed by atoms with Crippen LogP contribution in [0.25, 0.3) is 0 Å². The maximum absolute atomic E-state index is 7.66.